The van der Waals surface area contributed by atoms with Crippen LogP contribution in [0.25, 0.3) is 21.7 Å². The van der Waals surface area contributed by atoms with Gasteiger partial charge >= 0.3 is 0 Å². The maximum Gasteiger partial charge on any atom is 0.259 e. The molecule has 8 heteroatoms. The van der Waals surface area contributed by atoms with Crippen molar-refractivity contribution < 1.29 is 14.1 Å². The molecule has 2 amide bonds. The molecule has 7 nitrogen and oxygen atoms in total. The summed E-state index contributed by atoms with van der Waals surface area (Å²) in [5.41, 5.74) is 3.75. The van der Waals surface area contributed by atoms with Crippen molar-refractivity contribution in [2.24, 2.45) is 0 Å². The quantitative estimate of drug-likeness (QED) is 0.497. The van der Waals surface area contributed by atoms with Crippen LogP contribution in [0.5, 0.6) is 0 Å². The zero-order chi connectivity index (χ0) is 21.4. The molecule has 1 aliphatic rings. The van der Waals surface area contributed by atoms with Crippen molar-refractivity contribution in [2.75, 3.05) is 11.9 Å². The third-order valence-electron chi connectivity index (χ3n) is 5.37. The molecule has 1 aromatic carbocycles. The molecule has 31 heavy (non-hydrogen) atoms. The Hall–Kier alpha value is -3.52. The first-order valence-electron chi connectivity index (χ1n) is 10.1. The van der Waals surface area contributed by atoms with Gasteiger partial charge in [-0.05, 0) is 48.6 Å². The summed E-state index contributed by atoms with van der Waals surface area (Å²) in [6, 6.07) is 13.3. The Kier molecular flexibility index (Phi) is 4.99. The van der Waals surface area contributed by atoms with Crippen LogP contribution >= 0.6 is 11.3 Å². The molecule has 1 N–H and O–H groups in total. The van der Waals surface area contributed by atoms with Crippen molar-refractivity contribution in [1.29, 1.82) is 0 Å². The molecule has 4 heterocycles. The van der Waals surface area contributed by atoms with Gasteiger partial charge in [0.25, 0.3) is 11.6 Å². The van der Waals surface area contributed by atoms with Gasteiger partial charge in [0, 0.05) is 25.2 Å². The Labute approximate surface area is 182 Å². The molecule has 1 aliphatic heterocycles. The monoisotopic (exact) mass is 432 g/mol. The van der Waals surface area contributed by atoms with Gasteiger partial charge in [0.1, 0.15) is 0 Å². The summed E-state index contributed by atoms with van der Waals surface area (Å²) < 4.78 is 5.36. The number of amides is 2. The van der Waals surface area contributed by atoms with Gasteiger partial charge in [-0.2, -0.15) is 0 Å². The number of rotatable bonds is 5. The molecular formula is C23H20N4O3S. The number of aromatic nitrogens is 2. The normalized spacial score (nSPS) is 13.8. The van der Waals surface area contributed by atoms with E-state index < -0.39 is 0 Å². The predicted octanol–water partition coefficient (Wildman–Crippen LogP) is 4.63. The Balaban J connectivity index is 1.45. The van der Waals surface area contributed by atoms with E-state index in [2.05, 4.69) is 15.5 Å². The predicted molar refractivity (Wildman–Crippen MR) is 119 cm³/mol. The van der Waals surface area contributed by atoms with Crippen molar-refractivity contribution in [3.63, 3.8) is 0 Å². The number of likely N-dealkylation sites (tertiary alicyclic amines) is 1. The van der Waals surface area contributed by atoms with E-state index in [1.54, 1.807) is 24.3 Å². The third kappa shape index (κ3) is 3.82. The summed E-state index contributed by atoms with van der Waals surface area (Å²) in [6.07, 6.45) is 1.51. The molecule has 0 bridgehead atoms. The van der Waals surface area contributed by atoms with Gasteiger partial charge in [0.2, 0.25) is 5.91 Å². The SMILES string of the molecule is Cc1noc2nc(-c3cccs3)cc(C(=O)Nc3cccc(CN4CCCC4=O)c3)c12. The molecule has 1 saturated heterocycles. The standard InChI is InChI=1S/C23H20N4O3S/c1-14-21-17(12-18(19-7-4-10-31-19)25-23(21)30-26-14)22(29)24-16-6-2-5-15(11-16)13-27-9-3-8-20(27)28/h2,4-7,10-12H,3,8-9,13H2,1H3,(H,24,29). The average molecular weight is 433 g/mol. The number of carbonyl (C=O) groups excluding carboxylic acids is 2. The van der Waals surface area contributed by atoms with Crippen molar-refractivity contribution in [2.45, 2.75) is 26.3 Å². The number of hydrogen-bond donors (Lipinski definition) is 1. The zero-order valence-electron chi connectivity index (χ0n) is 16.9. The van der Waals surface area contributed by atoms with Gasteiger partial charge in [-0.3, -0.25) is 9.59 Å². The number of thiophene rings is 1. The Morgan fingerprint density at radius 1 is 1.26 bits per heavy atom. The summed E-state index contributed by atoms with van der Waals surface area (Å²) in [4.78, 5) is 32.5. The second-order valence-electron chi connectivity index (χ2n) is 7.55. The Bertz CT molecular complexity index is 1280. The largest absolute Gasteiger partial charge is 0.338 e. The first-order valence-corrected chi connectivity index (χ1v) is 11.0. The van der Waals surface area contributed by atoms with Crippen molar-refractivity contribution in [1.82, 2.24) is 15.0 Å². The Morgan fingerprint density at radius 3 is 2.94 bits per heavy atom. The molecule has 0 unspecified atom stereocenters. The molecular weight excluding hydrogens is 412 g/mol. The van der Waals surface area contributed by atoms with Crippen LogP contribution in [-0.2, 0) is 11.3 Å². The number of benzene rings is 1. The first kappa shape index (κ1) is 19.4. The van der Waals surface area contributed by atoms with Gasteiger partial charge < -0.3 is 14.7 Å². The maximum absolute atomic E-state index is 13.2. The fourth-order valence-corrected chi connectivity index (χ4v) is 4.55. The highest BCUT2D eigenvalue weighted by Gasteiger charge is 2.21. The van der Waals surface area contributed by atoms with Crippen LogP contribution in [0.4, 0.5) is 5.69 Å². The molecule has 156 valence electrons. The molecule has 0 spiro atoms. The number of pyridine rings is 1. The molecule has 4 aromatic rings. The zero-order valence-corrected chi connectivity index (χ0v) is 17.7. The van der Waals surface area contributed by atoms with Gasteiger partial charge in [0.15, 0.2) is 0 Å². The van der Waals surface area contributed by atoms with Crippen molar-refractivity contribution in [3.8, 4) is 10.6 Å². The minimum atomic E-state index is -0.258. The minimum Gasteiger partial charge on any atom is -0.338 e. The lowest BCUT2D eigenvalue weighted by Crippen LogP contribution is -2.23. The van der Waals surface area contributed by atoms with Gasteiger partial charge in [0.05, 0.1) is 27.2 Å². The van der Waals surface area contributed by atoms with E-state index in [4.69, 9.17) is 4.52 Å². The summed E-state index contributed by atoms with van der Waals surface area (Å²) in [6.45, 7) is 3.13. The summed E-state index contributed by atoms with van der Waals surface area (Å²) in [7, 11) is 0. The summed E-state index contributed by atoms with van der Waals surface area (Å²) in [5, 5.41) is 9.55. The summed E-state index contributed by atoms with van der Waals surface area (Å²) >= 11 is 1.54. The summed E-state index contributed by atoms with van der Waals surface area (Å²) in [5.74, 6) is -0.0800. The van der Waals surface area contributed by atoms with Crippen molar-refractivity contribution >= 4 is 39.9 Å². The van der Waals surface area contributed by atoms with Crippen LogP contribution in [0.1, 0.15) is 34.5 Å². The lowest BCUT2D eigenvalue weighted by molar-refractivity contribution is -0.128. The second kappa shape index (κ2) is 7.96. The fourth-order valence-electron chi connectivity index (χ4n) is 3.86. The van der Waals surface area contributed by atoms with Gasteiger partial charge in [-0.1, -0.05) is 23.4 Å². The van der Waals surface area contributed by atoms with Gasteiger partial charge in [-0.25, -0.2) is 4.98 Å². The van der Waals surface area contributed by atoms with Gasteiger partial charge in [-0.15, -0.1) is 11.3 Å². The number of nitrogens with zero attached hydrogens (tertiary/aromatic N) is 3. The van der Waals surface area contributed by atoms with Crippen LogP contribution in [0.15, 0.2) is 52.4 Å². The lowest BCUT2D eigenvalue weighted by atomic mass is 10.1. The molecule has 1 fully saturated rings. The fraction of sp³-hybridized carbons (Fsp3) is 0.217. The number of carbonyl (C=O) groups is 2. The topological polar surface area (TPSA) is 88.3 Å². The Morgan fingerprint density at radius 2 is 2.16 bits per heavy atom. The first-order chi connectivity index (χ1) is 15.1. The van der Waals surface area contributed by atoms with E-state index in [0.29, 0.717) is 46.7 Å². The minimum absolute atomic E-state index is 0.178. The lowest BCUT2D eigenvalue weighted by Gasteiger charge is -2.16. The van der Waals surface area contributed by atoms with E-state index in [0.717, 1.165) is 23.4 Å². The number of anilines is 1. The molecule has 0 atom stereocenters. The third-order valence-corrected chi connectivity index (χ3v) is 6.26. The molecule has 0 saturated carbocycles. The second-order valence-corrected chi connectivity index (χ2v) is 8.50. The van der Waals surface area contributed by atoms with Crippen molar-refractivity contribution in [3.05, 3.63) is 64.7 Å². The van der Waals surface area contributed by atoms with E-state index in [9.17, 15) is 9.59 Å². The van der Waals surface area contributed by atoms with E-state index >= 15 is 0 Å². The molecule has 0 radical (unpaired) electrons. The van der Waals surface area contributed by atoms with E-state index in [1.807, 2.05) is 46.7 Å². The number of hydrogen-bond acceptors (Lipinski definition) is 6. The van der Waals surface area contributed by atoms with Crippen LogP contribution in [-0.4, -0.2) is 33.4 Å². The van der Waals surface area contributed by atoms with E-state index in [1.165, 1.54) is 0 Å². The molecule has 5 rings (SSSR count). The van der Waals surface area contributed by atoms with Crippen LogP contribution in [0, 0.1) is 6.92 Å². The number of fused-ring (bicyclic) bond motifs is 1. The van der Waals surface area contributed by atoms with Crippen LogP contribution in [0.3, 0.4) is 0 Å². The van der Waals surface area contributed by atoms with Crippen LogP contribution < -0.4 is 5.32 Å². The smallest absolute Gasteiger partial charge is 0.259 e. The molecule has 0 aliphatic carbocycles. The number of nitrogens with one attached hydrogen (secondary N) is 1. The van der Waals surface area contributed by atoms with Crippen LogP contribution in [0.2, 0.25) is 0 Å². The maximum atomic E-state index is 13.2. The molecule has 3 aromatic heterocycles. The average Bonchev–Trinajstić information content (AvgIpc) is 3.51. The highest BCUT2D eigenvalue weighted by molar-refractivity contribution is 7.13. The number of aryl methyl sites for hydroxylation is 1. The highest BCUT2D eigenvalue weighted by atomic mass is 32.1. The van der Waals surface area contributed by atoms with E-state index in [-0.39, 0.29) is 11.8 Å². The highest BCUT2D eigenvalue weighted by Crippen LogP contribution is 2.30.